The number of carbonyl (C=O) groups is 1. The number of hydrogen-bond donors (Lipinski definition) is 1. The van der Waals surface area contributed by atoms with Crippen LogP contribution in [0, 0.1) is 0 Å². The molecule has 0 atom stereocenters. The second-order valence-electron chi connectivity index (χ2n) is 4.72. The molecule has 2 rings (SSSR count). The highest BCUT2D eigenvalue weighted by molar-refractivity contribution is 7.90. The first-order chi connectivity index (χ1) is 10.5. The Labute approximate surface area is 129 Å². The van der Waals surface area contributed by atoms with Gasteiger partial charge in [0.1, 0.15) is 12.4 Å². The van der Waals surface area contributed by atoms with E-state index >= 15 is 0 Å². The molecule has 22 heavy (non-hydrogen) atoms. The van der Waals surface area contributed by atoms with Crippen LogP contribution in [0.2, 0.25) is 0 Å². The van der Waals surface area contributed by atoms with E-state index in [-0.39, 0.29) is 10.8 Å². The summed E-state index contributed by atoms with van der Waals surface area (Å²) < 4.78 is 28.4. The summed E-state index contributed by atoms with van der Waals surface area (Å²) in [7, 11) is -3.32. The molecule has 0 heterocycles. The van der Waals surface area contributed by atoms with Crippen molar-refractivity contribution in [3.8, 4) is 5.75 Å². The van der Waals surface area contributed by atoms with Crippen molar-refractivity contribution >= 4 is 15.7 Å². The van der Waals surface area contributed by atoms with Crippen molar-refractivity contribution in [1.82, 2.24) is 5.32 Å². The molecule has 0 saturated heterocycles. The van der Waals surface area contributed by atoms with Gasteiger partial charge >= 0.3 is 0 Å². The predicted molar refractivity (Wildman–Crippen MR) is 83.8 cm³/mol. The SMILES string of the molecule is CS(=O)(=O)c1cccc(C(=O)NCCOc2ccccc2)c1. The van der Waals surface area contributed by atoms with Crippen LogP contribution in [0.25, 0.3) is 0 Å². The number of hydrogen-bond acceptors (Lipinski definition) is 4. The lowest BCUT2D eigenvalue weighted by atomic mass is 10.2. The van der Waals surface area contributed by atoms with E-state index in [4.69, 9.17) is 4.74 Å². The van der Waals surface area contributed by atoms with E-state index in [9.17, 15) is 13.2 Å². The Morgan fingerprint density at radius 2 is 1.82 bits per heavy atom. The number of carbonyl (C=O) groups excluding carboxylic acids is 1. The van der Waals surface area contributed by atoms with E-state index in [0.717, 1.165) is 12.0 Å². The van der Waals surface area contributed by atoms with Gasteiger partial charge in [-0.15, -0.1) is 0 Å². The van der Waals surface area contributed by atoms with E-state index in [0.29, 0.717) is 18.7 Å². The van der Waals surface area contributed by atoms with Crippen LogP contribution in [-0.4, -0.2) is 33.7 Å². The number of amides is 1. The Kier molecular flexibility index (Phi) is 5.16. The summed E-state index contributed by atoms with van der Waals surface area (Å²) in [6.45, 7) is 0.665. The monoisotopic (exact) mass is 319 g/mol. The van der Waals surface area contributed by atoms with Crippen LogP contribution < -0.4 is 10.1 Å². The number of nitrogens with one attached hydrogen (secondary N) is 1. The van der Waals surface area contributed by atoms with Crippen LogP contribution in [0.4, 0.5) is 0 Å². The Hall–Kier alpha value is -2.34. The molecule has 0 aliphatic rings. The highest BCUT2D eigenvalue weighted by atomic mass is 32.2. The number of para-hydroxylation sites is 1. The van der Waals surface area contributed by atoms with Gasteiger partial charge in [-0.1, -0.05) is 24.3 Å². The van der Waals surface area contributed by atoms with Gasteiger partial charge in [-0.25, -0.2) is 8.42 Å². The molecule has 0 unspecified atom stereocenters. The summed E-state index contributed by atoms with van der Waals surface area (Å²) in [4.78, 5) is 12.1. The molecule has 0 spiro atoms. The second-order valence-corrected chi connectivity index (χ2v) is 6.73. The zero-order valence-corrected chi connectivity index (χ0v) is 13.0. The molecular weight excluding hydrogens is 302 g/mol. The topological polar surface area (TPSA) is 72.5 Å². The Morgan fingerprint density at radius 3 is 2.50 bits per heavy atom. The van der Waals surface area contributed by atoms with Crippen molar-refractivity contribution in [1.29, 1.82) is 0 Å². The van der Waals surface area contributed by atoms with E-state index < -0.39 is 9.84 Å². The normalized spacial score (nSPS) is 11.0. The predicted octanol–water partition coefficient (Wildman–Crippen LogP) is 1.90. The van der Waals surface area contributed by atoms with Crippen LogP contribution in [-0.2, 0) is 9.84 Å². The maximum Gasteiger partial charge on any atom is 0.251 e. The summed E-state index contributed by atoms with van der Waals surface area (Å²) in [6.07, 6.45) is 1.11. The van der Waals surface area contributed by atoms with Crippen molar-refractivity contribution < 1.29 is 17.9 Å². The summed E-state index contributed by atoms with van der Waals surface area (Å²) in [5.41, 5.74) is 0.308. The lowest BCUT2D eigenvalue weighted by Gasteiger charge is -2.08. The lowest BCUT2D eigenvalue weighted by molar-refractivity contribution is 0.0947. The molecule has 1 amide bonds. The quantitative estimate of drug-likeness (QED) is 0.825. The maximum atomic E-state index is 12.0. The van der Waals surface area contributed by atoms with E-state index in [2.05, 4.69) is 5.32 Å². The number of benzene rings is 2. The molecule has 2 aromatic rings. The van der Waals surface area contributed by atoms with E-state index in [1.807, 2.05) is 30.3 Å². The molecule has 0 fully saturated rings. The maximum absolute atomic E-state index is 12.0. The highest BCUT2D eigenvalue weighted by Gasteiger charge is 2.11. The van der Waals surface area contributed by atoms with Crippen LogP contribution in [0.1, 0.15) is 10.4 Å². The molecule has 2 aromatic carbocycles. The molecule has 0 radical (unpaired) electrons. The van der Waals surface area contributed by atoms with Crippen molar-refractivity contribution in [2.75, 3.05) is 19.4 Å². The third kappa shape index (κ3) is 4.60. The van der Waals surface area contributed by atoms with E-state index in [1.165, 1.54) is 12.1 Å². The Balaban J connectivity index is 1.88. The highest BCUT2D eigenvalue weighted by Crippen LogP contribution is 2.11. The number of ether oxygens (including phenoxy) is 1. The van der Waals surface area contributed by atoms with Crippen LogP contribution in [0.3, 0.4) is 0 Å². The fraction of sp³-hybridized carbons (Fsp3) is 0.188. The van der Waals surface area contributed by atoms with Crippen molar-refractivity contribution in [2.24, 2.45) is 0 Å². The van der Waals surface area contributed by atoms with Gasteiger partial charge in [-0.3, -0.25) is 4.79 Å². The molecule has 0 saturated carbocycles. The van der Waals surface area contributed by atoms with Crippen LogP contribution >= 0.6 is 0 Å². The fourth-order valence-corrected chi connectivity index (χ4v) is 2.49. The van der Waals surface area contributed by atoms with E-state index in [1.54, 1.807) is 12.1 Å². The standard InChI is InChI=1S/C16H17NO4S/c1-22(19,20)15-9-5-6-13(12-15)16(18)17-10-11-21-14-7-3-2-4-8-14/h2-9,12H,10-11H2,1H3,(H,17,18). The lowest BCUT2D eigenvalue weighted by Crippen LogP contribution is -2.28. The summed E-state index contributed by atoms with van der Waals surface area (Å²) in [5, 5.41) is 2.69. The third-order valence-corrected chi connectivity index (χ3v) is 4.03. The number of sulfone groups is 1. The van der Waals surface area contributed by atoms with Gasteiger partial charge in [0.15, 0.2) is 9.84 Å². The largest absolute Gasteiger partial charge is 0.492 e. The van der Waals surface area contributed by atoms with Crippen molar-refractivity contribution in [3.05, 3.63) is 60.2 Å². The average Bonchev–Trinajstić information content (AvgIpc) is 2.52. The molecule has 0 aromatic heterocycles. The molecule has 5 nitrogen and oxygen atoms in total. The smallest absolute Gasteiger partial charge is 0.251 e. The molecular formula is C16H17NO4S. The minimum atomic E-state index is -3.32. The zero-order valence-electron chi connectivity index (χ0n) is 12.2. The van der Waals surface area contributed by atoms with Gasteiger partial charge in [0.2, 0.25) is 0 Å². The third-order valence-electron chi connectivity index (χ3n) is 2.92. The first-order valence-electron chi connectivity index (χ1n) is 6.73. The fourth-order valence-electron chi connectivity index (χ4n) is 1.82. The summed E-state index contributed by atoms with van der Waals surface area (Å²) in [6, 6.07) is 15.2. The molecule has 0 aliphatic carbocycles. The Morgan fingerprint density at radius 1 is 1.09 bits per heavy atom. The molecule has 0 bridgehead atoms. The minimum Gasteiger partial charge on any atom is -0.492 e. The van der Waals surface area contributed by atoms with Gasteiger partial charge in [-0.05, 0) is 30.3 Å². The second kappa shape index (κ2) is 7.09. The van der Waals surface area contributed by atoms with Gasteiger partial charge in [0, 0.05) is 11.8 Å². The average molecular weight is 319 g/mol. The van der Waals surface area contributed by atoms with Gasteiger partial charge in [0.05, 0.1) is 11.4 Å². The summed E-state index contributed by atoms with van der Waals surface area (Å²) in [5.74, 6) is 0.401. The molecule has 1 N–H and O–H groups in total. The number of rotatable bonds is 6. The Bertz CT molecular complexity index is 742. The van der Waals surface area contributed by atoms with Crippen molar-refractivity contribution in [3.63, 3.8) is 0 Å². The van der Waals surface area contributed by atoms with Gasteiger partial charge < -0.3 is 10.1 Å². The minimum absolute atomic E-state index is 0.126. The summed E-state index contributed by atoms with van der Waals surface area (Å²) >= 11 is 0. The zero-order chi connectivity index (χ0) is 16.0. The first kappa shape index (κ1) is 16.0. The molecule has 116 valence electrons. The van der Waals surface area contributed by atoms with Crippen molar-refractivity contribution in [2.45, 2.75) is 4.90 Å². The van der Waals surface area contributed by atoms with Gasteiger partial charge in [-0.2, -0.15) is 0 Å². The molecule has 6 heteroatoms. The first-order valence-corrected chi connectivity index (χ1v) is 8.62. The van der Waals surface area contributed by atoms with Crippen LogP contribution in [0.15, 0.2) is 59.5 Å². The van der Waals surface area contributed by atoms with Crippen LogP contribution in [0.5, 0.6) is 5.75 Å². The van der Waals surface area contributed by atoms with Gasteiger partial charge in [0.25, 0.3) is 5.91 Å². The molecule has 0 aliphatic heterocycles.